The number of rotatable bonds is 6. The summed E-state index contributed by atoms with van der Waals surface area (Å²) in [5.41, 5.74) is 1.32. The number of amides is 1. The molecule has 1 spiro atoms. The van der Waals surface area contributed by atoms with Crippen LogP contribution in [0.25, 0.3) is 0 Å². The molecule has 4 aliphatic heterocycles. The van der Waals surface area contributed by atoms with E-state index in [9.17, 15) is 4.79 Å². The molecule has 4 heterocycles. The third-order valence-electron chi connectivity index (χ3n) is 8.10. The van der Waals surface area contributed by atoms with E-state index in [1.54, 1.807) is 0 Å². The van der Waals surface area contributed by atoms with Gasteiger partial charge in [0.2, 0.25) is 5.91 Å². The molecule has 0 aliphatic carbocycles. The van der Waals surface area contributed by atoms with E-state index in [2.05, 4.69) is 49.9 Å². The van der Waals surface area contributed by atoms with Gasteiger partial charge in [0.1, 0.15) is 0 Å². The maximum Gasteiger partial charge on any atom is 0.230 e. The van der Waals surface area contributed by atoms with Crippen LogP contribution in [-0.4, -0.2) is 104 Å². The zero-order chi connectivity index (χ0) is 21.1. The molecule has 170 valence electrons. The van der Waals surface area contributed by atoms with Crippen molar-refractivity contribution >= 4 is 5.91 Å². The first kappa shape index (κ1) is 21.4. The van der Waals surface area contributed by atoms with Gasteiger partial charge in [-0.15, -0.1) is 0 Å². The molecule has 1 aromatic carbocycles. The predicted octanol–water partition coefficient (Wildman–Crippen LogP) is 1.91. The smallest absolute Gasteiger partial charge is 0.230 e. The van der Waals surface area contributed by atoms with Crippen LogP contribution in [-0.2, 0) is 16.1 Å². The van der Waals surface area contributed by atoms with Crippen LogP contribution >= 0.6 is 0 Å². The van der Waals surface area contributed by atoms with E-state index in [0.29, 0.717) is 11.9 Å². The van der Waals surface area contributed by atoms with Gasteiger partial charge in [0, 0.05) is 51.9 Å². The highest BCUT2D eigenvalue weighted by molar-refractivity contribution is 5.85. The van der Waals surface area contributed by atoms with Gasteiger partial charge < -0.3 is 9.64 Å². The molecular weight excluding hydrogens is 388 g/mol. The van der Waals surface area contributed by atoms with E-state index in [1.807, 2.05) is 0 Å². The molecule has 0 bridgehead atoms. The van der Waals surface area contributed by atoms with Gasteiger partial charge in [-0.1, -0.05) is 30.3 Å². The Balaban J connectivity index is 1.09. The van der Waals surface area contributed by atoms with Crippen molar-refractivity contribution in [1.82, 2.24) is 19.6 Å². The van der Waals surface area contributed by atoms with Crippen LogP contribution in [0, 0.1) is 5.41 Å². The van der Waals surface area contributed by atoms with E-state index >= 15 is 0 Å². The standard InChI is InChI=1S/C25H38N4O2/c30-24-25(8-12-28(24)15-14-26-16-18-31-19-17-26)9-13-29(21-25)23-6-10-27(11-7-23)20-22-4-2-1-3-5-22/h1-5,23H,6-21H2. The van der Waals surface area contributed by atoms with E-state index in [0.717, 1.165) is 78.4 Å². The maximum absolute atomic E-state index is 13.3. The first-order valence-electron chi connectivity index (χ1n) is 12.3. The Kier molecular flexibility index (Phi) is 6.60. The fourth-order valence-electron chi connectivity index (χ4n) is 6.07. The lowest BCUT2D eigenvalue weighted by Crippen LogP contribution is -2.46. The zero-order valence-electron chi connectivity index (χ0n) is 18.9. The van der Waals surface area contributed by atoms with Crippen LogP contribution in [0.3, 0.4) is 0 Å². The minimum absolute atomic E-state index is 0.0911. The first-order valence-corrected chi connectivity index (χ1v) is 12.3. The topological polar surface area (TPSA) is 39.3 Å². The summed E-state index contributed by atoms with van der Waals surface area (Å²) in [5.74, 6) is 0.435. The second-order valence-corrected chi connectivity index (χ2v) is 9.99. The number of nitrogens with zero attached hydrogens (tertiary/aromatic N) is 4. The number of morpholine rings is 1. The summed E-state index contributed by atoms with van der Waals surface area (Å²) in [5, 5.41) is 0. The van der Waals surface area contributed by atoms with Crippen molar-refractivity contribution in [3.63, 3.8) is 0 Å². The lowest BCUT2D eigenvalue weighted by molar-refractivity contribution is -0.135. The largest absolute Gasteiger partial charge is 0.379 e. The number of hydrogen-bond donors (Lipinski definition) is 0. The highest BCUT2D eigenvalue weighted by Crippen LogP contribution is 2.42. The summed E-state index contributed by atoms with van der Waals surface area (Å²) in [6.45, 7) is 12.0. The number of likely N-dealkylation sites (tertiary alicyclic amines) is 3. The molecule has 0 N–H and O–H groups in total. The average molecular weight is 427 g/mol. The summed E-state index contributed by atoms with van der Waals surface area (Å²) >= 11 is 0. The highest BCUT2D eigenvalue weighted by atomic mass is 16.5. The van der Waals surface area contributed by atoms with Gasteiger partial charge in [0.25, 0.3) is 0 Å². The maximum atomic E-state index is 13.3. The Hall–Kier alpha value is -1.47. The normalized spacial score (nSPS) is 29.4. The van der Waals surface area contributed by atoms with Gasteiger partial charge in [-0.25, -0.2) is 0 Å². The lowest BCUT2D eigenvalue weighted by atomic mass is 9.85. The number of piperidine rings is 1. The third kappa shape index (κ3) is 4.82. The summed E-state index contributed by atoms with van der Waals surface area (Å²) < 4.78 is 5.44. The van der Waals surface area contributed by atoms with Gasteiger partial charge in [-0.05, 0) is 50.9 Å². The van der Waals surface area contributed by atoms with Crippen LogP contribution in [0.2, 0.25) is 0 Å². The van der Waals surface area contributed by atoms with E-state index in [4.69, 9.17) is 4.74 Å². The van der Waals surface area contributed by atoms with E-state index in [-0.39, 0.29) is 5.41 Å². The lowest BCUT2D eigenvalue weighted by Gasteiger charge is -2.37. The van der Waals surface area contributed by atoms with Crippen LogP contribution in [0.15, 0.2) is 30.3 Å². The monoisotopic (exact) mass is 426 g/mol. The van der Waals surface area contributed by atoms with Crippen LogP contribution in [0.4, 0.5) is 0 Å². The SMILES string of the molecule is O=C1N(CCN2CCOCC2)CCC12CCN(C1CCN(Cc3ccccc3)CC1)C2. The molecule has 4 aliphatic rings. The van der Waals surface area contributed by atoms with Gasteiger partial charge in [-0.2, -0.15) is 0 Å². The van der Waals surface area contributed by atoms with Crippen molar-refractivity contribution in [1.29, 1.82) is 0 Å². The van der Waals surface area contributed by atoms with Crippen LogP contribution in [0.1, 0.15) is 31.2 Å². The first-order chi connectivity index (χ1) is 15.2. The molecular formula is C25H38N4O2. The van der Waals surface area contributed by atoms with E-state index < -0.39 is 0 Å². The molecule has 0 aromatic heterocycles. The molecule has 6 heteroatoms. The Bertz CT molecular complexity index is 730. The second-order valence-electron chi connectivity index (χ2n) is 9.99. The summed E-state index contributed by atoms with van der Waals surface area (Å²) in [6, 6.07) is 11.5. The fraction of sp³-hybridized carbons (Fsp3) is 0.720. The van der Waals surface area contributed by atoms with Crippen molar-refractivity contribution in [2.75, 3.05) is 72.1 Å². The second kappa shape index (κ2) is 9.57. The van der Waals surface area contributed by atoms with Crippen molar-refractivity contribution in [2.45, 2.75) is 38.3 Å². The minimum atomic E-state index is -0.0911. The van der Waals surface area contributed by atoms with Crippen LogP contribution in [0.5, 0.6) is 0 Å². The number of carbonyl (C=O) groups is 1. The molecule has 1 aromatic rings. The Morgan fingerprint density at radius 1 is 0.871 bits per heavy atom. The summed E-state index contributed by atoms with van der Waals surface area (Å²) in [4.78, 5) is 23.2. The molecule has 31 heavy (non-hydrogen) atoms. The van der Waals surface area contributed by atoms with Crippen molar-refractivity contribution in [3.05, 3.63) is 35.9 Å². The molecule has 0 radical (unpaired) electrons. The van der Waals surface area contributed by atoms with Crippen molar-refractivity contribution in [2.24, 2.45) is 5.41 Å². The van der Waals surface area contributed by atoms with E-state index in [1.165, 1.54) is 31.5 Å². The Morgan fingerprint density at radius 3 is 2.39 bits per heavy atom. The van der Waals surface area contributed by atoms with Gasteiger partial charge in [0.15, 0.2) is 0 Å². The molecule has 5 rings (SSSR count). The van der Waals surface area contributed by atoms with Crippen molar-refractivity contribution in [3.8, 4) is 0 Å². The summed E-state index contributed by atoms with van der Waals surface area (Å²) in [6.07, 6.45) is 4.58. The molecule has 0 saturated carbocycles. The van der Waals surface area contributed by atoms with Gasteiger partial charge in [-0.3, -0.25) is 19.5 Å². The molecule has 1 unspecified atom stereocenters. The Labute approximate surface area is 187 Å². The number of ether oxygens (including phenoxy) is 1. The number of benzene rings is 1. The summed E-state index contributed by atoms with van der Waals surface area (Å²) in [7, 11) is 0. The highest BCUT2D eigenvalue weighted by Gasteiger charge is 2.51. The minimum Gasteiger partial charge on any atom is -0.379 e. The Morgan fingerprint density at radius 2 is 1.61 bits per heavy atom. The zero-order valence-corrected chi connectivity index (χ0v) is 18.9. The molecule has 6 nitrogen and oxygen atoms in total. The third-order valence-corrected chi connectivity index (χ3v) is 8.10. The van der Waals surface area contributed by atoms with Gasteiger partial charge in [0.05, 0.1) is 18.6 Å². The number of carbonyl (C=O) groups excluding carboxylic acids is 1. The van der Waals surface area contributed by atoms with Crippen LogP contribution < -0.4 is 0 Å². The van der Waals surface area contributed by atoms with Crippen molar-refractivity contribution < 1.29 is 9.53 Å². The molecule has 4 fully saturated rings. The number of hydrogen-bond acceptors (Lipinski definition) is 5. The quantitative estimate of drug-likeness (QED) is 0.695. The predicted molar refractivity (Wildman–Crippen MR) is 122 cm³/mol. The fourth-order valence-corrected chi connectivity index (χ4v) is 6.07. The molecule has 1 amide bonds. The molecule has 1 atom stereocenters. The average Bonchev–Trinajstić information content (AvgIpc) is 3.39. The van der Waals surface area contributed by atoms with Gasteiger partial charge >= 0.3 is 0 Å². The molecule has 4 saturated heterocycles.